The number of H-pyrrole nitrogens is 1. The molecule has 0 fully saturated rings. The van der Waals surface area contributed by atoms with E-state index < -0.39 is 0 Å². The lowest BCUT2D eigenvalue weighted by atomic mass is 9.81. The molecule has 0 spiro atoms. The molecule has 0 amide bonds. The van der Waals surface area contributed by atoms with E-state index in [1.807, 2.05) is 41.8 Å². The van der Waals surface area contributed by atoms with Crippen LogP contribution in [0.4, 0.5) is 0 Å². The van der Waals surface area contributed by atoms with Gasteiger partial charge in [-0.3, -0.25) is 9.59 Å². The van der Waals surface area contributed by atoms with Gasteiger partial charge in [0.1, 0.15) is 5.01 Å². The summed E-state index contributed by atoms with van der Waals surface area (Å²) in [6.07, 6.45) is 1.06. The minimum Gasteiger partial charge on any atom is -0.325 e. The van der Waals surface area contributed by atoms with Crippen LogP contribution in [0.15, 0.2) is 64.8 Å². The number of carbonyl (C=O) groups excluding carboxylic acids is 1. The molecule has 1 aliphatic carbocycles. The molecule has 31 heavy (non-hydrogen) atoms. The van der Waals surface area contributed by atoms with Crippen LogP contribution in [0, 0.1) is 0 Å². The van der Waals surface area contributed by atoms with E-state index in [2.05, 4.69) is 9.97 Å². The topological polar surface area (TPSA) is 62.8 Å². The number of hydrogen-bond acceptors (Lipinski definition) is 4. The predicted molar refractivity (Wildman–Crippen MR) is 125 cm³/mol. The quantitative estimate of drug-likeness (QED) is 0.380. The molecular weight excluding hydrogens is 451 g/mol. The zero-order valence-electron chi connectivity index (χ0n) is 16.2. The third-order valence-corrected chi connectivity index (χ3v) is 7.14. The number of ketones is 1. The minimum atomic E-state index is -0.240. The van der Waals surface area contributed by atoms with Gasteiger partial charge in [-0.25, -0.2) is 4.98 Å². The Bertz CT molecular complexity index is 1360. The average molecular weight is 467 g/mol. The van der Waals surface area contributed by atoms with Crippen molar-refractivity contribution >= 4 is 40.3 Å². The molecule has 0 saturated carbocycles. The Morgan fingerprint density at radius 3 is 2.52 bits per heavy atom. The Kier molecular flexibility index (Phi) is 5.26. The smallest absolute Gasteiger partial charge is 0.258 e. The lowest BCUT2D eigenvalue weighted by Gasteiger charge is -2.24. The number of carbonyl (C=O) groups is 1. The highest BCUT2D eigenvalue weighted by Crippen LogP contribution is 2.34. The van der Waals surface area contributed by atoms with Gasteiger partial charge in [0.25, 0.3) is 5.56 Å². The van der Waals surface area contributed by atoms with Crippen molar-refractivity contribution in [2.75, 3.05) is 0 Å². The Labute approximate surface area is 192 Å². The molecule has 154 valence electrons. The van der Waals surface area contributed by atoms with Gasteiger partial charge in [-0.1, -0.05) is 59.6 Å². The number of halogens is 2. The number of benzene rings is 2. The second kappa shape index (κ2) is 8.08. The molecule has 0 bridgehead atoms. The van der Waals surface area contributed by atoms with E-state index in [0.717, 1.165) is 11.1 Å². The first-order chi connectivity index (χ1) is 15.0. The van der Waals surface area contributed by atoms with Crippen LogP contribution in [-0.2, 0) is 6.42 Å². The fraction of sp³-hybridized carbons (Fsp3) is 0.125. The largest absolute Gasteiger partial charge is 0.325 e. The second-order valence-corrected chi connectivity index (χ2v) is 9.18. The molecule has 4 nitrogen and oxygen atoms in total. The normalized spacial score (nSPS) is 15.7. The van der Waals surface area contributed by atoms with Crippen molar-refractivity contribution in [1.29, 1.82) is 0 Å². The van der Waals surface area contributed by atoms with Gasteiger partial charge in [0, 0.05) is 28.6 Å². The molecule has 0 radical (unpaired) electrons. The first-order valence-corrected chi connectivity index (χ1v) is 11.4. The lowest BCUT2D eigenvalue weighted by molar-refractivity contribution is 0.0963. The highest BCUT2D eigenvalue weighted by atomic mass is 35.5. The number of Topliss-reactive ketones (excluding diaryl/α,β-unsaturated/α-hetero) is 1. The predicted octanol–water partition coefficient (Wildman–Crippen LogP) is 6.38. The fourth-order valence-corrected chi connectivity index (χ4v) is 5.08. The molecule has 1 atom stereocenters. The first kappa shape index (κ1) is 20.2. The van der Waals surface area contributed by atoms with Crippen molar-refractivity contribution in [3.8, 4) is 21.8 Å². The van der Waals surface area contributed by atoms with Gasteiger partial charge < -0.3 is 4.98 Å². The summed E-state index contributed by atoms with van der Waals surface area (Å²) in [6, 6.07) is 16.9. The molecule has 7 heteroatoms. The summed E-state index contributed by atoms with van der Waals surface area (Å²) < 4.78 is 0. The summed E-state index contributed by atoms with van der Waals surface area (Å²) in [7, 11) is 0. The maximum Gasteiger partial charge on any atom is 0.258 e. The van der Waals surface area contributed by atoms with Crippen LogP contribution in [0.5, 0.6) is 0 Å². The lowest BCUT2D eigenvalue weighted by Crippen LogP contribution is -2.24. The van der Waals surface area contributed by atoms with Crippen LogP contribution >= 0.6 is 34.5 Å². The van der Waals surface area contributed by atoms with E-state index >= 15 is 0 Å². The summed E-state index contributed by atoms with van der Waals surface area (Å²) in [5.41, 5.74) is 4.06. The van der Waals surface area contributed by atoms with Crippen molar-refractivity contribution < 1.29 is 4.79 Å². The molecule has 1 N–H and O–H groups in total. The third kappa shape index (κ3) is 3.85. The van der Waals surface area contributed by atoms with Gasteiger partial charge in [0.2, 0.25) is 0 Å². The Balaban J connectivity index is 1.50. The van der Waals surface area contributed by atoms with E-state index in [1.54, 1.807) is 18.2 Å². The van der Waals surface area contributed by atoms with E-state index in [0.29, 0.717) is 50.4 Å². The summed E-state index contributed by atoms with van der Waals surface area (Å²) in [5, 5.41) is 3.34. The van der Waals surface area contributed by atoms with Crippen molar-refractivity contribution in [1.82, 2.24) is 9.97 Å². The number of nitrogens with zero attached hydrogens (tertiary/aromatic N) is 1. The number of rotatable bonds is 3. The minimum absolute atomic E-state index is 0.0360. The molecule has 1 unspecified atom stereocenters. The molecular formula is C24H16Cl2N2O2S. The fourth-order valence-electron chi connectivity index (χ4n) is 3.94. The molecule has 5 rings (SSSR count). The highest BCUT2D eigenvalue weighted by molar-refractivity contribution is 7.13. The summed E-state index contributed by atoms with van der Waals surface area (Å²) >= 11 is 13.5. The molecule has 2 aromatic heterocycles. The second-order valence-electron chi connectivity index (χ2n) is 7.51. The number of hydrogen-bond donors (Lipinski definition) is 1. The maximum atomic E-state index is 12.9. The van der Waals surface area contributed by atoms with Crippen molar-refractivity contribution in [3.05, 3.63) is 97.2 Å². The number of nitrogens with one attached hydrogen (secondary N) is 1. The maximum absolute atomic E-state index is 12.9. The Hall–Kier alpha value is -2.73. The van der Waals surface area contributed by atoms with Crippen molar-refractivity contribution in [2.24, 2.45) is 0 Å². The first-order valence-electron chi connectivity index (χ1n) is 9.75. The zero-order chi connectivity index (χ0) is 21.5. The van der Waals surface area contributed by atoms with E-state index in [-0.39, 0.29) is 17.3 Å². The zero-order valence-corrected chi connectivity index (χ0v) is 18.5. The van der Waals surface area contributed by atoms with Gasteiger partial charge in [0.05, 0.1) is 21.3 Å². The van der Waals surface area contributed by atoms with Crippen molar-refractivity contribution in [2.45, 2.75) is 18.8 Å². The molecule has 0 aliphatic heterocycles. The number of aromatic amines is 1. The standard InChI is InChI=1S/C24H16Cl2N2O2S/c25-18-7-6-14(8-19(18)26)21-12-31-24(28-21)17-11-16-20(27-23(17)30)9-15(10-22(16)29)13-4-2-1-3-5-13/h1-8,11-12,15H,9-10H2,(H,27,30). The van der Waals surface area contributed by atoms with Gasteiger partial charge in [-0.05, 0) is 36.1 Å². The van der Waals surface area contributed by atoms with Gasteiger partial charge >= 0.3 is 0 Å². The molecule has 0 saturated heterocycles. The third-order valence-electron chi connectivity index (χ3n) is 5.53. The summed E-state index contributed by atoms with van der Waals surface area (Å²) in [4.78, 5) is 33.3. The van der Waals surface area contributed by atoms with Crippen LogP contribution in [0.1, 0.15) is 34.0 Å². The molecule has 2 heterocycles. The van der Waals surface area contributed by atoms with Crippen LogP contribution in [0.3, 0.4) is 0 Å². The van der Waals surface area contributed by atoms with Crippen LogP contribution in [-0.4, -0.2) is 15.8 Å². The Morgan fingerprint density at radius 2 is 1.74 bits per heavy atom. The number of thiazole rings is 1. The van der Waals surface area contributed by atoms with Gasteiger partial charge in [-0.2, -0.15) is 0 Å². The van der Waals surface area contributed by atoms with E-state index in [4.69, 9.17) is 23.2 Å². The Morgan fingerprint density at radius 1 is 0.935 bits per heavy atom. The molecule has 2 aromatic carbocycles. The van der Waals surface area contributed by atoms with Crippen LogP contribution in [0.25, 0.3) is 21.8 Å². The van der Waals surface area contributed by atoms with Crippen molar-refractivity contribution in [3.63, 3.8) is 0 Å². The number of pyridine rings is 1. The van der Waals surface area contributed by atoms with Crippen LogP contribution in [0.2, 0.25) is 10.0 Å². The number of fused-ring (bicyclic) bond motifs is 1. The number of aromatic nitrogens is 2. The average Bonchev–Trinajstić information content (AvgIpc) is 3.26. The SMILES string of the molecule is O=C1CC(c2ccccc2)Cc2[nH]c(=O)c(-c3nc(-c4ccc(Cl)c(Cl)c4)cs3)cc21. The van der Waals surface area contributed by atoms with Crippen LogP contribution < -0.4 is 5.56 Å². The summed E-state index contributed by atoms with van der Waals surface area (Å²) in [5.74, 6) is 0.109. The highest BCUT2D eigenvalue weighted by Gasteiger charge is 2.28. The van der Waals surface area contributed by atoms with E-state index in [9.17, 15) is 9.59 Å². The molecule has 4 aromatic rings. The summed E-state index contributed by atoms with van der Waals surface area (Å²) in [6.45, 7) is 0. The van der Waals surface area contributed by atoms with Gasteiger partial charge in [0.15, 0.2) is 5.78 Å². The monoisotopic (exact) mass is 466 g/mol. The van der Waals surface area contributed by atoms with E-state index in [1.165, 1.54) is 11.3 Å². The van der Waals surface area contributed by atoms with Gasteiger partial charge in [-0.15, -0.1) is 11.3 Å². The molecule has 1 aliphatic rings.